The first-order valence-corrected chi connectivity index (χ1v) is 10.7. The minimum atomic E-state index is -0.349. The van der Waals surface area contributed by atoms with Crippen LogP contribution in [0.5, 0.6) is 5.75 Å². The molecule has 1 aliphatic carbocycles. The second-order valence-corrected chi connectivity index (χ2v) is 8.38. The molecule has 1 heterocycles. The number of phenolic OH excluding ortho intramolecular Hbond substituents is 1. The summed E-state index contributed by atoms with van der Waals surface area (Å²) in [5.41, 5.74) is 2.35. The molecule has 1 aliphatic rings. The van der Waals surface area contributed by atoms with Crippen LogP contribution < -0.4 is 0 Å². The molecular weight excluding hydrogens is 426 g/mol. The number of phenols is 1. The highest BCUT2D eigenvalue weighted by molar-refractivity contribution is 9.10. The Kier molecular flexibility index (Phi) is 5.10. The van der Waals surface area contributed by atoms with Crippen molar-refractivity contribution in [1.29, 1.82) is 0 Å². The van der Waals surface area contributed by atoms with Gasteiger partial charge in [0.25, 0.3) is 0 Å². The van der Waals surface area contributed by atoms with Crippen molar-refractivity contribution in [3.05, 3.63) is 58.2 Å². The maximum absolute atomic E-state index is 12.8. The van der Waals surface area contributed by atoms with Gasteiger partial charge in [0.15, 0.2) is 0 Å². The van der Waals surface area contributed by atoms with Gasteiger partial charge in [-0.25, -0.2) is 4.79 Å². The Bertz CT molecular complexity index is 1040. The number of rotatable bonds is 5. The predicted octanol–water partition coefficient (Wildman–Crippen LogP) is 5.30. The average molecular weight is 446 g/mol. The number of carbonyl (C=O) groups is 1. The number of benzene rings is 2. The normalized spacial score (nSPS) is 14.4. The van der Waals surface area contributed by atoms with E-state index in [2.05, 4.69) is 38.0 Å². The summed E-state index contributed by atoms with van der Waals surface area (Å²) >= 11 is 4.42. The van der Waals surface area contributed by atoms with Crippen LogP contribution in [0.3, 0.4) is 0 Å². The Morgan fingerprint density at radius 1 is 1.33 bits per heavy atom. The third-order valence-corrected chi connectivity index (χ3v) is 6.20. The van der Waals surface area contributed by atoms with Crippen LogP contribution in [0.2, 0.25) is 0 Å². The second kappa shape index (κ2) is 7.52. The summed E-state index contributed by atoms with van der Waals surface area (Å²) in [5.74, 6) is -0.230. The smallest absolute Gasteiger partial charge is 0.340 e. The van der Waals surface area contributed by atoms with Crippen LogP contribution in [0.1, 0.15) is 41.9 Å². The maximum Gasteiger partial charge on any atom is 0.340 e. The van der Waals surface area contributed by atoms with Gasteiger partial charge in [0.05, 0.1) is 27.9 Å². The van der Waals surface area contributed by atoms with Gasteiger partial charge in [-0.3, -0.25) is 0 Å². The molecule has 4 rings (SSSR count). The van der Waals surface area contributed by atoms with Crippen LogP contribution in [0.4, 0.5) is 0 Å². The summed E-state index contributed by atoms with van der Waals surface area (Å²) in [4.78, 5) is 13.9. The topological polar surface area (TPSA) is 51.5 Å². The molecule has 0 aliphatic heterocycles. The van der Waals surface area contributed by atoms with Crippen LogP contribution in [0, 0.1) is 0 Å². The molecule has 6 heteroatoms. The summed E-state index contributed by atoms with van der Waals surface area (Å²) in [6.07, 6.45) is 2.18. The summed E-state index contributed by atoms with van der Waals surface area (Å²) in [5, 5.41) is 13.0. The third kappa shape index (κ3) is 3.56. The zero-order valence-corrected chi connectivity index (χ0v) is 17.3. The Balaban J connectivity index is 1.96. The quantitative estimate of drug-likeness (QED) is 0.318. The number of aromatic nitrogens is 1. The first-order valence-electron chi connectivity index (χ1n) is 8.92. The van der Waals surface area contributed by atoms with E-state index in [0.717, 1.165) is 45.7 Å². The van der Waals surface area contributed by atoms with E-state index in [-0.39, 0.29) is 11.7 Å². The van der Waals surface area contributed by atoms with Crippen LogP contribution in [0.25, 0.3) is 10.9 Å². The Morgan fingerprint density at radius 3 is 2.74 bits per heavy atom. The van der Waals surface area contributed by atoms with Crippen molar-refractivity contribution in [3.8, 4) is 5.75 Å². The van der Waals surface area contributed by atoms with Crippen LogP contribution in [-0.2, 0) is 4.74 Å². The molecule has 0 spiro atoms. The molecule has 0 unspecified atom stereocenters. The lowest BCUT2D eigenvalue weighted by molar-refractivity contribution is 0.0528. The third-order valence-electron chi connectivity index (χ3n) is 4.59. The van der Waals surface area contributed by atoms with Gasteiger partial charge in [0.2, 0.25) is 0 Å². The van der Waals surface area contributed by atoms with Gasteiger partial charge >= 0.3 is 5.97 Å². The molecule has 1 N–H and O–H groups in total. The Hall–Kier alpha value is -2.05. The number of fused-ring (bicyclic) bond motifs is 1. The Labute approximate surface area is 169 Å². The zero-order valence-electron chi connectivity index (χ0n) is 14.9. The van der Waals surface area contributed by atoms with Gasteiger partial charge in [0.1, 0.15) is 5.75 Å². The van der Waals surface area contributed by atoms with Crippen molar-refractivity contribution < 1.29 is 14.6 Å². The molecular formula is C21H20BrNO3S. The molecule has 140 valence electrons. The predicted molar refractivity (Wildman–Crippen MR) is 114 cm³/mol. The summed E-state index contributed by atoms with van der Waals surface area (Å²) < 4.78 is 8.19. The van der Waals surface area contributed by atoms with E-state index in [0.29, 0.717) is 22.7 Å². The van der Waals surface area contributed by atoms with Gasteiger partial charge in [-0.2, -0.15) is 11.4 Å². The maximum atomic E-state index is 12.8. The molecule has 0 saturated heterocycles. The molecule has 1 saturated carbocycles. The number of nitrogens with zero attached hydrogens (tertiary/aromatic N) is 1. The lowest BCUT2D eigenvalue weighted by atomic mass is 10.1. The van der Waals surface area contributed by atoms with Crippen molar-refractivity contribution in [3.63, 3.8) is 0 Å². The van der Waals surface area contributed by atoms with Crippen LogP contribution in [0.15, 0.2) is 51.8 Å². The highest BCUT2D eigenvalue weighted by atomic mass is 79.9. The second-order valence-electron chi connectivity index (χ2n) is 6.50. The lowest BCUT2D eigenvalue weighted by Gasteiger charge is -2.08. The van der Waals surface area contributed by atoms with Gasteiger partial charge in [0, 0.05) is 11.4 Å². The molecule has 0 radical (unpaired) electrons. The number of halogens is 1. The van der Waals surface area contributed by atoms with E-state index in [1.807, 2.05) is 24.3 Å². The number of ether oxygens (including phenoxy) is 1. The number of aromatic hydroxyl groups is 1. The van der Waals surface area contributed by atoms with E-state index in [9.17, 15) is 9.90 Å². The first-order chi connectivity index (χ1) is 13.1. The molecule has 1 aromatic heterocycles. The standard InChI is InChI=1S/C21H20BrNO3S/c1-2-26-21(25)20-15-10-19(24)16(22)11-17(15)23(13-8-9-13)18(20)12-27-14-6-4-3-5-7-14/h3-7,10-13,24,27H,2,8-9H2,1H3. The molecule has 1 fully saturated rings. The molecule has 4 nitrogen and oxygen atoms in total. The highest BCUT2D eigenvalue weighted by Crippen LogP contribution is 2.43. The number of hydrogen-bond acceptors (Lipinski definition) is 3. The summed E-state index contributed by atoms with van der Waals surface area (Å²) in [7, 11) is 0. The van der Waals surface area contributed by atoms with E-state index in [1.54, 1.807) is 13.0 Å². The molecule has 0 atom stereocenters. The lowest BCUT2D eigenvalue weighted by Crippen LogP contribution is -2.09. The monoisotopic (exact) mass is 445 g/mol. The molecule has 0 amide bonds. The summed E-state index contributed by atoms with van der Waals surface area (Å²) in [6.45, 7) is 2.12. The summed E-state index contributed by atoms with van der Waals surface area (Å²) in [6, 6.07) is 14.1. The van der Waals surface area contributed by atoms with E-state index >= 15 is 0 Å². The van der Waals surface area contributed by atoms with E-state index in [4.69, 9.17) is 4.74 Å². The zero-order chi connectivity index (χ0) is 19.0. The minimum absolute atomic E-state index is 0.119. The average Bonchev–Trinajstić information content (AvgIpc) is 3.45. The number of thiol groups is 1. The highest BCUT2D eigenvalue weighted by Gasteiger charge is 2.32. The van der Waals surface area contributed by atoms with Crippen molar-refractivity contribution in [2.24, 2.45) is 0 Å². The molecule has 2 aromatic carbocycles. The van der Waals surface area contributed by atoms with Gasteiger partial charge in [-0.05, 0) is 70.2 Å². The van der Waals surface area contributed by atoms with Crippen LogP contribution >= 0.6 is 27.3 Å². The van der Waals surface area contributed by atoms with Crippen LogP contribution in [-0.4, -0.2) is 27.6 Å². The number of esters is 1. The van der Waals surface area contributed by atoms with E-state index < -0.39 is 0 Å². The van der Waals surface area contributed by atoms with E-state index in [1.165, 1.54) is 0 Å². The fourth-order valence-corrected chi connectivity index (χ4v) is 4.46. The molecule has 27 heavy (non-hydrogen) atoms. The number of carbonyl (C=O) groups excluding carboxylic acids is 1. The number of hydrogen-bond donors (Lipinski definition) is 2. The van der Waals surface area contributed by atoms with Gasteiger partial charge in [-0.15, -0.1) is 0 Å². The van der Waals surface area contributed by atoms with Crippen molar-refractivity contribution in [1.82, 2.24) is 4.57 Å². The molecule has 3 aromatic rings. The minimum Gasteiger partial charge on any atom is -0.507 e. The van der Waals surface area contributed by atoms with Gasteiger partial charge < -0.3 is 14.4 Å². The van der Waals surface area contributed by atoms with Gasteiger partial charge in [-0.1, -0.05) is 18.2 Å². The molecule has 0 bridgehead atoms. The fraction of sp³-hybridized carbons (Fsp3) is 0.238. The van der Waals surface area contributed by atoms with Crippen molar-refractivity contribution in [2.75, 3.05) is 6.61 Å². The SMILES string of the molecule is CCOC(=O)c1c(C=[SH]c2ccccc2)n(C2CC2)c2cc(Br)c(O)cc12. The van der Waals surface area contributed by atoms with Crippen molar-refractivity contribution in [2.45, 2.75) is 30.7 Å². The largest absolute Gasteiger partial charge is 0.507 e. The first kappa shape index (κ1) is 18.3. The Morgan fingerprint density at radius 2 is 2.07 bits per heavy atom. The van der Waals surface area contributed by atoms with Crippen molar-refractivity contribution >= 4 is 49.5 Å². The fourth-order valence-electron chi connectivity index (χ4n) is 3.26.